The molecule has 0 bridgehead atoms. The molecule has 0 fully saturated rings. The summed E-state index contributed by atoms with van der Waals surface area (Å²) in [6.45, 7) is 4.19. The van der Waals surface area contributed by atoms with E-state index < -0.39 is 12.1 Å². The first-order valence-electron chi connectivity index (χ1n) is 21.9. The van der Waals surface area contributed by atoms with Crippen molar-refractivity contribution < 1.29 is 15.0 Å². The van der Waals surface area contributed by atoms with Gasteiger partial charge in [-0.3, -0.25) is 4.79 Å². The van der Waals surface area contributed by atoms with Gasteiger partial charge >= 0.3 is 0 Å². The molecule has 0 spiro atoms. The SMILES string of the molecule is CC/C=C\C/C=C\C/C=C\CCCCCCCC(=O)NC(CO)C(O)/C=C/CCCCCCCCCCCCCCCCCCCCCCC. The van der Waals surface area contributed by atoms with Crippen LogP contribution in [0.2, 0.25) is 0 Å². The number of allylic oxidation sites excluding steroid dienone is 7. The topological polar surface area (TPSA) is 69.6 Å². The normalized spacial score (nSPS) is 13.4. The van der Waals surface area contributed by atoms with Crippen molar-refractivity contribution >= 4 is 5.91 Å². The minimum atomic E-state index is -0.847. The molecule has 0 aliphatic rings. The monoisotopic (exact) mass is 700 g/mol. The Hall–Kier alpha value is -1.65. The van der Waals surface area contributed by atoms with Crippen molar-refractivity contribution in [1.82, 2.24) is 5.32 Å². The lowest BCUT2D eigenvalue weighted by Crippen LogP contribution is -2.45. The van der Waals surface area contributed by atoms with Crippen molar-refractivity contribution in [2.45, 2.75) is 231 Å². The number of aliphatic hydroxyl groups is 2. The fourth-order valence-electron chi connectivity index (χ4n) is 6.49. The summed E-state index contributed by atoms with van der Waals surface area (Å²) in [7, 11) is 0. The minimum Gasteiger partial charge on any atom is -0.394 e. The molecule has 2 unspecified atom stereocenters. The first-order valence-corrected chi connectivity index (χ1v) is 21.9. The zero-order chi connectivity index (χ0) is 36.4. The molecule has 0 aliphatic heterocycles. The van der Waals surface area contributed by atoms with Gasteiger partial charge in [0.2, 0.25) is 5.91 Å². The molecule has 4 heteroatoms. The molecule has 0 aromatic rings. The Morgan fingerprint density at radius 3 is 1.32 bits per heavy atom. The number of unbranched alkanes of at least 4 members (excludes halogenated alkanes) is 26. The molecule has 0 aliphatic carbocycles. The summed E-state index contributed by atoms with van der Waals surface area (Å²) >= 11 is 0. The van der Waals surface area contributed by atoms with Gasteiger partial charge in [0.15, 0.2) is 0 Å². The molecule has 0 saturated carbocycles. The highest BCUT2D eigenvalue weighted by molar-refractivity contribution is 5.76. The molecule has 0 rings (SSSR count). The van der Waals surface area contributed by atoms with Crippen molar-refractivity contribution in [2.24, 2.45) is 0 Å². The van der Waals surface area contributed by atoms with Gasteiger partial charge in [-0.25, -0.2) is 0 Å². The van der Waals surface area contributed by atoms with Gasteiger partial charge in [0.1, 0.15) is 0 Å². The Morgan fingerprint density at radius 1 is 0.500 bits per heavy atom. The first kappa shape index (κ1) is 48.3. The van der Waals surface area contributed by atoms with Crippen LogP contribution in [0.15, 0.2) is 48.6 Å². The number of amides is 1. The molecule has 0 saturated heterocycles. The van der Waals surface area contributed by atoms with Crippen molar-refractivity contribution in [1.29, 1.82) is 0 Å². The van der Waals surface area contributed by atoms with Crippen molar-refractivity contribution in [3.05, 3.63) is 48.6 Å². The second-order valence-electron chi connectivity index (χ2n) is 14.7. The van der Waals surface area contributed by atoms with E-state index in [0.717, 1.165) is 57.8 Å². The van der Waals surface area contributed by atoms with E-state index in [9.17, 15) is 15.0 Å². The number of rotatable bonds is 39. The molecule has 0 aromatic carbocycles. The molecule has 1 amide bonds. The Morgan fingerprint density at radius 2 is 0.880 bits per heavy atom. The third kappa shape index (κ3) is 37.6. The summed E-state index contributed by atoms with van der Waals surface area (Å²) in [5.74, 6) is -0.0815. The number of hydrogen-bond acceptors (Lipinski definition) is 3. The number of nitrogens with one attached hydrogen (secondary N) is 1. The molecule has 50 heavy (non-hydrogen) atoms. The van der Waals surface area contributed by atoms with E-state index in [1.54, 1.807) is 6.08 Å². The van der Waals surface area contributed by atoms with E-state index in [4.69, 9.17) is 0 Å². The fraction of sp³-hybridized carbons (Fsp3) is 0.804. The molecule has 0 radical (unpaired) electrons. The molecule has 3 N–H and O–H groups in total. The molecule has 0 heterocycles. The Bertz CT molecular complexity index is 801. The molecule has 4 nitrogen and oxygen atoms in total. The van der Waals surface area contributed by atoms with Crippen LogP contribution in [-0.4, -0.2) is 34.9 Å². The van der Waals surface area contributed by atoms with Crippen LogP contribution >= 0.6 is 0 Å². The van der Waals surface area contributed by atoms with E-state index in [1.165, 1.54) is 141 Å². The van der Waals surface area contributed by atoms with Gasteiger partial charge in [-0.2, -0.15) is 0 Å². The van der Waals surface area contributed by atoms with Crippen LogP contribution in [0.1, 0.15) is 219 Å². The maximum atomic E-state index is 12.4. The quantitative estimate of drug-likeness (QED) is 0.0442. The Balaban J connectivity index is 3.57. The Kier molecular flexibility index (Phi) is 40.4. The fourth-order valence-corrected chi connectivity index (χ4v) is 6.49. The summed E-state index contributed by atoms with van der Waals surface area (Å²) in [6, 6.07) is -0.632. The second-order valence-corrected chi connectivity index (χ2v) is 14.7. The number of carbonyl (C=O) groups is 1. The minimum absolute atomic E-state index is 0.0815. The summed E-state index contributed by atoms with van der Waals surface area (Å²) in [5, 5.41) is 23.0. The highest BCUT2D eigenvalue weighted by Crippen LogP contribution is 2.15. The lowest BCUT2D eigenvalue weighted by Gasteiger charge is -2.20. The van der Waals surface area contributed by atoms with Gasteiger partial charge in [-0.1, -0.05) is 210 Å². The third-order valence-electron chi connectivity index (χ3n) is 9.82. The van der Waals surface area contributed by atoms with E-state index in [0.29, 0.717) is 6.42 Å². The van der Waals surface area contributed by atoms with Crippen LogP contribution in [-0.2, 0) is 4.79 Å². The summed E-state index contributed by atoms with van der Waals surface area (Å²) in [4.78, 5) is 12.4. The maximum absolute atomic E-state index is 12.4. The van der Waals surface area contributed by atoms with Crippen LogP contribution in [0.4, 0.5) is 0 Å². The zero-order valence-electron chi connectivity index (χ0n) is 33.4. The standard InChI is InChI=1S/C46H85NO3/c1-3-5-7-9-11-13-15-17-19-20-21-22-23-24-25-26-28-29-31-33-35-37-39-41-45(49)44(43-48)47-46(50)42-40-38-36-34-32-30-27-18-16-14-12-10-8-6-4-2/h6,8,12,14,18,27,39,41,44-45,48-49H,3-5,7,9-11,13,15-17,19-26,28-38,40,42-43H2,1-2H3,(H,47,50)/b8-6-,14-12-,27-18-,41-39+. The molecule has 292 valence electrons. The number of hydrogen-bond donors (Lipinski definition) is 3. The molecule has 0 aromatic heterocycles. The van der Waals surface area contributed by atoms with Crippen molar-refractivity contribution in [3.63, 3.8) is 0 Å². The average molecular weight is 700 g/mol. The first-order chi connectivity index (χ1) is 24.7. The number of aliphatic hydroxyl groups excluding tert-OH is 2. The van der Waals surface area contributed by atoms with Crippen LogP contribution in [0, 0.1) is 0 Å². The summed E-state index contributed by atoms with van der Waals surface area (Å²) < 4.78 is 0. The van der Waals surface area contributed by atoms with Gasteiger partial charge in [-0.05, 0) is 51.4 Å². The van der Waals surface area contributed by atoms with E-state index in [1.807, 2.05) is 6.08 Å². The van der Waals surface area contributed by atoms with E-state index in [2.05, 4.69) is 55.6 Å². The van der Waals surface area contributed by atoms with Gasteiger partial charge in [0.05, 0.1) is 18.8 Å². The Labute approximate surface area is 312 Å². The lowest BCUT2D eigenvalue weighted by atomic mass is 10.0. The van der Waals surface area contributed by atoms with Crippen LogP contribution in [0.3, 0.4) is 0 Å². The molecular formula is C46H85NO3. The smallest absolute Gasteiger partial charge is 0.220 e. The predicted octanol–water partition coefficient (Wildman–Crippen LogP) is 13.6. The van der Waals surface area contributed by atoms with Gasteiger partial charge in [-0.15, -0.1) is 0 Å². The molecule has 2 atom stereocenters. The maximum Gasteiger partial charge on any atom is 0.220 e. The van der Waals surface area contributed by atoms with Crippen LogP contribution in [0.25, 0.3) is 0 Å². The van der Waals surface area contributed by atoms with Gasteiger partial charge < -0.3 is 15.5 Å². The third-order valence-corrected chi connectivity index (χ3v) is 9.82. The lowest BCUT2D eigenvalue weighted by molar-refractivity contribution is -0.123. The van der Waals surface area contributed by atoms with Crippen molar-refractivity contribution in [3.8, 4) is 0 Å². The van der Waals surface area contributed by atoms with Gasteiger partial charge in [0.25, 0.3) is 0 Å². The predicted molar refractivity (Wildman–Crippen MR) is 221 cm³/mol. The van der Waals surface area contributed by atoms with Crippen molar-refractivity contribution in [2.75, 3.05) is 6.61 Å². The number of carbonyl (C=O) groups excluding carboxylic acids is 1. The van der Waals surface area contributed by atoms with Crippen LogP contribution < -0.4 is 5.32 Å². The van der Waals surface area contributed by atoms with E-state index in [-0.39, 0.29) is 12.5 Å². The van der Waals surface area contributed by atoms with E-state index >= 15 is 0 Å². The second kappa shape index (κ2) is 41.8. The van der Waals surface area contributed by atoms with Crippen LogP contribution in [0.5, 0.6) is 0 Å². The molecular weight excluding hydrogens is 615 g/mol. The summed E-state index contributed by atoms with van der Waals surface area (Å²) in [6.07, 6.45) is 56.5. The van der Waals surface area contributed by atoms with Gasteiger partial charge in [0, 0.05) is 6.42 Å². The largest absolute Gasteiger partial charge is 0.394 e. The highest BCUT2D eigenvalue weighted by Gasteiger charge is 2.17. The average Bonchev–Trinajstić information content (AvgIpc) is 3.12. The summed E-state index contributed by atoms with van der Waals surface area (Å²) in [5.41, 5.74) is 0. The zero-order valence-corrected chi connectivity index (χ0v) is 33.4. The highest BCUT2D eigenvalue weighted by atomic mass is 16.3.